The molecule has 0 spiro atoms. The van der Waals surface area contributed by atoms with Crippen LogP contribution in [0, 0.1) is 6.92 Å². The first-order valence-electron chi connectivity index (χ1n) is 7.11. The standard InChI is InChI=1S/C18H23NO/c1-14-6-8-15(9-7-14)10-11-17(19)12-16-4-3-5-18(13-16)20-2/h3-9,13,17H,10-12,19H2,1-2H3. The second-order valence-corrected chi connectivity index (χ2v) is 5.34. The Morgan fingerprint density at radius 1 is 1.05 bits per heavy atom. The van der Waals surface area contributed by atoms with Crippen molar-refractivity contribution in [3.05, 3.63) is 65.2 Å². The van der Waals surface area contributed by atoms with Crippen molar-refractivity contribution in [3.8, 4) is 5.75 Å². The van der Waals surface area contributed by atoms with Gasteiger partial charge in [-0.2, -0.15) is 0 Å². The molecule has 0 amide bonds. The predicted octanol–water partition coefficient (Wildman–Crippen LogP) is 3.51. The molecule has 2 aromatic carbocycles. The minimum atomic E-state index is 0.184. The third kappa shape index (κ3) is 4.39. The maximum atomic E-state index is 6.23. The lowest BCUT2D eigenvalue weighted by molar-refractivity contribution is 0.414. The third-order valence-corrected chi connectivity index (χ3v) is 3.56. The van der Waals surface area contributed by atoms with Crippen LogP contribution < -0.4 is 10.5 Å². The Labute approximate surface area is 121 Å². The zero-order valence-electron chi connectivity index (χ0n) is 12.3. The molecule has 0 aliphatic heterocycles. The van der Waals surface area contributed by atoms with E-state index in [9.17, 15) is 0 Å². The summed E-state index contributed by atoms with van der Waals surface area (Å²) in [7, 11) is 1.69. The van der Waals surface area contributed by atoms with Crippen LogP contribution in [0.1, 0.15) is 23.1 Å². The summed E-state index contributed by atoms with van der Waals surface area (Å²) >= 11 is 0. The third-order valence-electron chi connectivity index (χ3n) is 3.56. The van der Waals surface area contributed by atoms with Crippen LogP contribution >= 0.6 is 0 Å². The van der Waals surface area contributed by atoms with Gasteiger partial charge in [0.05, 0.1) is 7.11 Å². The molecule has 106 valence electrons. The van der Waals surface area contributed by atoms with Gasteiger partial charge in [-0.1, -0.05) is 42.0 Å². The van der Waals surface area contributed by atoms with Gasteiger partial charge in [0.25, 0.3) is 0 Å². The van der Waals surface area contributed by atoms with Crippen molar-refractivity contribution in [2.75, 3.05) is 7.11 Å². The van der Waals surface area contributed by atoms with Crippen molar-refractivity contribution in [1.29, 1.82) is 0 Å². The summed E-state index contributed by atoms with van der Waals surface area (Å²) in [5.74, 6) is 0.897. The van der Waals surface area contributed by atoms with Crippen molar-refractivity contribution in [1.82, 2.24) is 0 Å². The highest BCUT2D eigenvalue weighted by atomic mass is 16.5. The Hall–Kier alpha value is -1.80. The minimum Gasteiger partial charge on any atom is -0.497 e. The topological polar surface area (TPSA) is 35.2 Å². The largest absolute Gasteiger partial charge is 0.497 e. The predicted molar refractivity (Wildman–Crippen MR) is 84.2 cm³/mol. The van der Waals surface area contributed by atoms with Crippen molar-refractivity contribution in [2.45, 2.75) is 32.2 Å². The van der Waals surface area contributed by atoms with Gasteiger partial charge in [-0.05, 0) is 49.4 Å². The maximum Gasteiger partial charge on any atom is 0.119 e. The fourth-order valence-corrected chi connectivity index (χ4v) is 2.31. The molecular weight excluding hydrogens is 246 g/mol. The highest BCUT2D eigenvalue weighted by Gasteiger charge is 2.05. The summed E-state index contributed by atoms with van der Waals surface area (Å²) in [5.41, 5.74) is 10.1. The van der Waals surface area contributed by atoms with Gasteiger partial charge in [-0.25, -0.2) is 0 Å². The SMILES string of the molecule is COc1cccc(CC(N)CCc2ccc(C)cc2)c1. The molecule has 0 bridgehead atoms. The number of rotatable bonds is 6. The van der Waals surface area contributed by atoms with E-state index < -0.39 is 0 Å². The van der Waals surface area contributed by atoms with E-state index in [1.807, 2.05) is 12.1 Å². The molecule has 0 radical (unpaired) electrons. The van der Waals surface area contributed by atoms with E-state index in [0.29, 0.717) is 0 Å². The fraction of sp³-hybridized carbons (Fsp3) is 0.333. The monoisotopic (exact) mass is 269 g/mol. The number of methoxy groups -OCH3 is 1. The lowest BCUT2D eigenvalue weighted by Crippen LogP contribution is -2.23. The number of nitrogens with two attached hydrogens (primary N) is 1. The summed E-state index contributed by atoms with van der Waals surface area (Å²) in [6, 6.07) is 17.0. The number of aryl methyl sites for hydroxylation is 2. The van der Waals surface area contributed by atoms with E-state index in [1.165, 1.54) is 16.7 Å². The lowest BCUT2D eigenvalue weighted by atomic mass is 9.99. The summed E-state index contributed by atoms with van der Waals surface area (Å²) < 4.78 is 5.24. The van der Waals surface area contributed by atoms with Crippen LogP contribution in [0.5, 0.6) is 5.75 Å². The van der Waals surface area contributed by atoms with Gasteiger partial charge >= 0.3 is 0 Å². The molecule has 0 fully saturated rings. The second kappa shape index (κ2) is 7.11. The van der Waals surface area contributed by atoms with Gasteiger partial charge in [-0.3, -0.25) is 0 Å². The van der Waals surface area contributed by atoms with Gasteiger partial charge in [0, 0.05) is 6.04 Å². The number of ether oxygens (including phenoxy) is 1. The molecule has 0 aliphatic rings. The van der Waals surface area contributed by atoms with Crippen molar-refractivity contribution in [2.24, 2.45) is 5.73 Å². The maximum absolute atomic E-state index is 6.23. The van der Waals surface area contributed by atoms with Gasteiger partial charge in [0.2, 0.25) is 0 Å². The smallest absolute Gasteiger partial charge is 0.119 e. The average molecular weight is 269 g/mol. The molecule has 2 rings (SSSR count). The van der Waals surface area contributed by atoms with E-state index >= 15 is 0 Å². The average Bonchev–Trinajstić information content (AvgIpc) is 2.47. The molecule has 2 heteroatoms. The Balaban J connectivity index is 1.85. The number of hydrogen-bond donors (Lipinski definition) is 1. The Morgan fingerprint density at radius 3 is 2.50 bits per heavy atom. The first-order chi connectivity index (χ1) is 9.67. The molecule has 2 nitrogen and oxygen atoms in total. The van der Waals surface area contributed by atoms with Crippen molar-refractivity contribution >= 4 is 0 Å². The molecule has 0 aromatic heterocycles. The van der Waals surface area contributed by atoms with Gasteiger partial charge in [0.15, 0.2) is 0 Å². The van der Waals surface area contributed by atoms with Gasteiger partial charge in [-0.15, -0.1) is 0 Å². The summed E-state index contributed by atoms with van der Waals surface area (Å²) in [5, 5.41) is 0. The second-order valence-electron chi connectivity index (χ2n) is 5.34. The highest BCUT2D eigenvalue weighted by molar-refractivity contribution is 5.29. The normalized spacial score (nSPS) is 12.2. The molecule has 0 aliphatic carbocycles. The van der Waals surface area contributed by atoms with E-state index in [0.717, 1.165) is 25.0 Å². The molecule has 20 heavy (non-hydrogen) atoms. The fourth-order valence-electron chi connectivity index (χ4n) is 2.31. The van der Waals surface area contributed by atoms with Crippen LogP contribution in [-0.2, 0) is 12.8 Å². The van der Waals surface area contributed by atoms with E-state index in [-0.39, 0.29) is 6.04 Å². The first-order valence-corrected chi connectivity index (χ1v) is 7.11. The zero-order chi connectivity index (χ0) is 14.4. The van der Waals surface area contributed by atoms with Crippen LogP contribution in [0.25, 0.3) is 0 Å². The van der Waals surface area contributed by atoms with Crippen LogP contribution in [-0.4, -0.2) is 13.2 Å². The molecule has 2 aromatic rings. The molecule has 0 saturated heterocycles. The Kier molecular flexibility index (Phi) is 5.19. The lowest BCUT2D eigenvalue weighted by Gasteiger charge is -2.12. The van der Waals surface area contributed by atoms with E-state index in [4.69, 9.17) is 10.5 Å². The van der Waals surface area contributed by atoms with Crippen molar-refractivity contribution < 1.29 is 4.74 Å². The van der Waals surface area contributed by atoms with Crippen LogP contribution in [0.3, 0.4) is 0 Å². The number of benzene rings is 2. The molecule has 1 atom stereocenters. The van der Waals surface area contributed by atoms with Gasteiger partial charge in [0.1, 0.15) is 5.75 Å². The highest BCUT2D eigenvalue weighted by Crippen LogP contribution is 2.15. The molecular formula is C18H23NO. The zero-order valence-corrected chi connectivity index (χ0v) is 12.3. The van der Waals surface area contributed by atoms with E-state index in [2.05, 4.69) is 43.3 Å². The molecule has 2 N–H and O–H groups in total. The molecule has 0 saturated carbocycles. The molecule has 1 unspecified atom stereocenters. The summed E-state index contributed by atoms with van der Waals surface area (Å²) in [6.45, 7) is 2.11. The first kappa shape index (κ1) is 14.6. The van der Waals surface area contributed by atoms with Crippen molar-refractivity contribution in [3.63, 3.8) is 0 Å². The van der Waals surface area contributed by atoms with Crippen LogP contribution in [0.2, 0.25) is 0 Å². The Bertz CT molecular complexity index is 533. The quantitative estimate of drug-likeness (QED) is 0.871. The van der Waals surface area contributed by atoms with Crippen LogP contribution in [0.15, 0.2) is 48.5 Å². The minimum absolute atomic E-state index is 0.184. The van der Waals surface area contributed by atoms with Gasteiger partial charge < -0.3 is 10.5 Å². The summed E-state index contributed by atoms with van der Waals surface area (Å²) in [4.78, 5) is 0. The molecule has 0 heterocycles. The van der Waals surface area contributed by atoms with Crippen LogP contribution in [0.4, 0.5) is 0 Å². The van der Waals surface area contributed by atoms with E-state index in [1.54, 1.807) is 7.11 Å². The summed E-state index contributed by atoms with van der Waals surface area (Å²) in [6.07, 6.45) is 2.93. The Morgan fingerprint density at radius 2 is 1.80 bits per heavy atom. The number of hydrogen-bond acceptors (Lipinski definition) is 2.